The van der Waals surface area contributed by atoms with E-state index in [0.717, 1.165) is 6.07 Å². The van der Waals surface area contributed by atoms with Gasteiger partial charge in [0, 0.05) is 11.8 Å². The predicted molar refractivity (Wildman–Crippen MR) is 75.8 cm³/mol. The van der Waals surface area contributed by atoms with Crippen LogP contribution in [-0.4, -0.2) is 14.2 Å². The van der Waals surface area contributed by atoms with E-state index in [1.807, 2.05) is 0 Å². The highest BCUT2D eigenvalue weighted by molar-refractivity contribution is 7.91. The summed E-state index contributed by atoms with van der Waals surface area (Å²) in [5.74, 6) is -1.33. The minimum absolute atomic E-state index is 0.0134. The summed E-state index contributed by atoms with van der Waals surface area (Å²) < 4.78 is 50.5. The first-order valence-corrected chi connectivity index (χ1v) is 8.15. The number of anilines is 1. The van der Waals surface area contributed by atoms with Crippen LogP contribution in [0, 0.1) is 11.6 Å². The van der Waals surface area contributed by atoms with Crippen molar-refractivity contribution >= 4 is 15.5 Å². The van der Waals surface area contributed by atoms with Crippen molar-refractivity contribution < 1.29 is 17.2 Å². The Morgan fingerprint density at radius 2 is 1.71 bits per heavy atom. The van der Waals surface area contributed by atoms with Crippen LogP contribution < -0.4 is 5.32 Å². The van der Waals surface area contributed by atoms with E-state index in [2.05, 4.69) is 5.32 Å². The molecule has 0 spiro atoms. The predicted octanol–water partition coefficient (Wildman–Crippen LogP) is 3.30. The lowest BCUT2D eigenvalue weighted by molar-refractivity contribution is 0.572. The Hall–Kier alpha value is -1.95. The van der Waals surface area contributed by atoms with Crippen LogP contribution in [0.3, 0.4) is 0 Å². The van der Waals surface area contributed by atoms with Gasteiger partial charge in [0.2, 0.25) is 0 Å². The summed E-state index contributed by atoms with van der Waals surface area (Å²) >= 11 is 0. The van der Waals surface area contributed by atoms with Crippen LogP contribution >= 0.6 is 0 Å². The smallest absolute Gasteiger partial charge is 0.178 e. The van der Waals surface area contributed by atoms with Gasteiger partial charge in [0.1, 0.15) is 11.6 Å². The first-order chi connectivity index (χ1) is 9.95. The Kier molecular flexibility index (Phi) is 3.41. The standard InChI is InChI=1S/C15H13F2NO2S/c16-10-7-11(17)9-12(8-10)18-14-5-6-21(19,20)15-4-2-1-3-13(14)15/h1-4,7-9,14,18H,5-6H2. The van der Waals surface area contributed by atoms with Gasteiger partial charge in [-0.05, 0) is 30.2 Å². The van der Waals surface area contributed by atoms with E-state index < -0.39 is 21.5 Å². The molecular formula is C15H13F2NO2S. The Labute approximate surface area is 121 Å². The fraction of sp³-hybridized carbons (Fsp3) is 0.200. The van der Waals surface area contributed by atoms with Crippen molar-refractivity contribution in [3.63, 3.8) is 0 Å². The third-order valence-corrected chi connectivity index (χ3v) is 5.32. The highest BCUT2D eigenvalue weighted by atomic mass is 32.2. The SMILES string of the molecule is O=S1(=O)CCC(Nc2cc(F)cc(F)c2)c2ccccc21. The molecule has 0 bridgehead atoms. The van der Waals surface area contributed by atoms with Gasteiger partial charge < -0.3 is 5.32 Å². The molecule has 3 nitrogen and oxygen atoms in total. The molecule has 1 unspecified atom stereocenters. The van der Waals surface area contributed by atoms with Crippen molar-refractivity contribution in [2.45, 2.75) is 17.4 Å². The van der Waals surface area contributed by atoms with Gasteiger partial charge in [-0.25, -0.2) is 17.2 Å². The molecule has 0 saturated carbocycles. The summed E-state index contributed by atoms with van der Waals surface area (Å²) in [4.78, 5) is 0.283. The quantitative estimate of drug-likeness (QED) is 0.926. The second-order valence-corrected chi connectivity index (χ2v) is 7.08. The van der Waals surface area contributed by atoms with Crippen molar-refractivity contribution in [3.8, 4) is 0 Å². The highest BCUT2D eigenvalue weighted by Crippen LogP contribution is 2.34. The maximum absolute atomic E-state index is 13.2. The van der Waals surface area contributed by atoms with Crippen LogP contribution in [0.5, 0.6) is 0 Å². The summed E-state index contributed by atoms with van der Waals surface area (Å²) in [7, 11) is -3.27. The first-order valence-electron chi connectivity index (χ1n) is 6.50. The van der Waals surface area contributed by atoms with Gasteiger partial charge >= 0.3 is 0 Å². The highest BCUT2D eigenvalue weighted by Gasteiger charge is 2.29. The fourth-order valence-corrected chi connectivity index (χ4v) is 4.20. The molecule has 1 atom stereocenters. The molecule has 21 heavy (non-hydrogen) atoms. The lowest BCUT2D eigenvalue weighted by atomic mass is 10.0. The van der Waals surface area contributed by atoms with Crippen molar-refractivity contribution in [3.05, 3.63) is 59.7 Å². The molecule has 1 heterocycles. The van der Waals surface area contributed by atoms with Gasteiger partial charge in [-0.1, -0.05) is 18.2 Å². The van der Waals surface area contributed by atoms with Gasteiger partial charge in [0.15, 0.2) is 9.84 Å². The lowest BCUT2D eigenvalue weighted by Gasteiger charge is -2.27. The molecule has 1 aliphatic rings. The minimum atomic E-state index is -3.27. The van der Waals surface area contributed by atoms with Gasteiger partial charge in [-0.15, -0.1) is 0 Å². The molecule has 0 fully saturated rings. The van der Waals surface area contributed by atoms with Crippen LogP contribution in [0.25, 0.3) is 0 Å². The molecule has 6 heteroatoms. The topological polar surface area (TPSA) is 46.2 Å². The van der Waals surface area contributed by atoms with Crippen LogP contribution in [0.15, 0.2) is 47.4 Å². The van der Waals surface area contributed by atoms with Crippen LogP contribution in [-0.2, 0) is 9.84 Å². The molecule has 2 aromatic carbocycles. The second kappa shape index (κ2) is 5.11. The average molecular weight is 309 g/mol. The van der Waals surface area contributed by atoms with Crippen LogP contribution in [0.4, 0.5) is 14.5 Å². The van der Waals surface area contributed by atoms with Gasteiger partial charge in [0.25, 0.3) is 0 Å². The van der Waals surface area contributed by atoms with E-state index in [-0.39, 0.29) is 16.7 Å². The minimum Gasteiger partial charge on any atom is -0.378 e. The molecular weight excluding hydrogens is 296 g/mol. The average Bonchev–Trinajstić information content (AvgIpc) is 2.41. The Bertz CT molecular complexity index is 770. The molecule has 0 amide bonds. The molecule has 0 aliphatic carbocycles. The molecule has 0 radical (unpaired) electrons. The number of fused-ring (bicyclic) bond motifs is 1. The fourth-order valence-electron chi connectivity index (χ4n) is 2.58. The molecule has 1 N–H and O–H groups in total. The number of rotatable bonds is 2. The first kappa shape index (κ1) is 14.0. The van der Waals surface area contributed by atoms with E-state index in [1.165, 1.54) is 12.1 Å². The van der Waals surface area contributed by atoms with Gasteiger partial charge in [-0.2, -0.15) is 0 Å². The maximum Gasteiger partial charge on any atom is 0.178 e. The third kappa shape index (κ3) is 2.76. The zero-order valence-corrected chi connectivity index (χ0v) is 11.8. The molecule has 0 saturated heterocycles. The van der Waals surface area contributed by atoms with E-state index >= 15 is 0 Å². The largest absolute Gasteiger partial charge is 0.378 e. The summed E-state index contributed by atoms with van der Waals surface area (Å²) in [6, 6.07) is 9.59. The number of hydrogen-bond acceptors (Lipinski definition) is 3. The summed E-state index contributed by atoms with van der Waals surface area (Å²) in [5.41, 5.74) is 0.931. The van der Waals surface area contributed by atoms with Crippen LogP contribution in [0.1, 0.15) is 18.0 Å². The van der Waals surface area contributed by atoms with Gasteiger partial charge in [0.05, 0.1) is 16.7 Å². The van der Waals surface area contributed by atoms with Crippen LogP contribution in [0.2, 0.25) is 0 Å². The van der Waals surface area contributed by atoms with Gasteiger partial charge in [-0.3, -0.25) is 0 Å². The van der Waals surface area contributed by atoms with E-state index in [0.29, 0.717) is 17.7 Å². The number of hydrogen-bond donors (Lipinski definition) is 1. The summed E-state index contributed by atoms with van der Waals surface area (Å²) in [6.45, 7) is 0. The van der Waals surface area contributed by atoms with E-state index in [1.54, 1.807) is 24.3 Å². The molecule has 110 valence electrons. The van der Waals surface area contributed by atoms with Crippen molar-refractivity contribution in [1.29, 1.82) is 0 Å². The normalized spacial score (nSPS) is 19.8. The number of benzene rings is 2. The second-order valence-electron chi connectivity index (χ2n) is 5.00. The maximum atomic E-state index is 13.2. The number of halogens is 2. The summed E-state index contributed by atoms with van der Waals surface area (Å²) in [6.07, 6.45) is 0.359. The molecule has 1 aliphatic heterocycles. The summed E-state index contributed by atoms with van der Waals surface area (Å²) in [5, 5.41) is 3.01. The number of nitrogens with one attached hydrogen (secondary N) is 1. The molecule has 2 aromatic rings. The van der Waals surface area contributed by atoms with Crippen molar-refractivity contribution in [2.24, 2.45) is 0 Å². The third-order valence-electron chi connectivity index (χ3n) is 3.51. The molecule has 0 aromatic heterocycles. The van der Waals surface area contributed by atoms with E-state index in [4.69, 9.17) is 0 Å². The Morgan fingerprint density at radius 3 is 2.43 bits per heavy atom. The Morgan fingerprint density at radius 1 is 1.05 bits per heavy atom. The van der Waals surface area contributed by atoms with Crippen molar-refractivity contribution in [1.82, 2.24) is 0 Å². The monoisotopic (exact) mass is 309 g/mol. The van der Waals surface area contributed by atoms with Crippen molar-refractivity contribution in [2.75, 3.05) is 11.1 Å². The lowest BCUT2D eigenvalue weighted by Crippen LogP contribution is -2.24. The zero-order valence-electron chi connectivity index (χ0n) is 11.0. The number of sulfone groups is 1. The Balaban J connectivity index is 1.97. The molecule has 3 rings (SSSR count). The van der Waals surface area contributed by atoms with E-state index in [9.17, 15) is 17.2 Å². The zero-order chi connectivity index (χ0) is 15.0.